The molecule has 0 atom stereocenters. The Labute approximate surface area is 104 Å². The average molecular weight is 260 g/mol. The Bertz CT molecular complexity index is 429. The van der Waals surface area contributed by atoms with Gasteiger partial charge in [0, 0.05) is 12.7 Å². The van der Waals surface area contributed by atoms with E-state index >= 15 is 0 Å². The van der Waals surface area contributed by atoms with Crippen LogP contribution in [0.15, 0.2) is 6.07 Å². The van der Waals surface area contributed by atoms with E-state index in [1.54, 1.807) is 17.8 Å². The summed E-state index contributed by atoms with van der Waals surface area (Å²) in [7, 11) is 1.71. The fourth-order valence-electron chi connectivity index (χ4n) is 1.51. The summed E-state index contributed by atoms with van der Waals surface area (Å²) in [6.07, 6.45) is 0. The number of amides is 1. The molecule has 0 unspecified atom stereocenters. The molecule has 0 aromatic carbocycles. The lowest BCUT2D eigenvalue weighted by Crippen LogP contribution is -2.41. The van der Waals surface area contributed by atoms with Gasteiger partial charge < -0.3 is 11.1 Å². The number of aromatic nitrogens is 2. The van der Waals surface area contributed by atoms with Crippen molar-refractivity contribution in [2.24, 2.45) is 12.8 Å². The molecule has 1 rings (SSSR count). The highest BCUT2D eigenvalue weighted by Crippen LogP contribution is 2.15. The number of carbonyl (C=O) groups is 1. The molecule has 1 aromatic heterocycles. The van der Waals surface area contributed by atoms with Crippen LogP contribution >= 0.6 is 0 Å². The van der Waals surface area contributed by atoms with Crippen LogP contribution in [-0.2, 0) is 7.05 Å². The highest BCUT2D eigenvalue weighted by atomic mass is 19.3. The summed E-state index contributed by atoms with van der Waals surface area (Å²) in [6, 6.07) is 1.60. The molecule has 1 aromatic rings. The van der Waals surface area contributed by atoms with Gasteiger partial charge in [0.15, 0.2) is 0 Å². The topological polar surface area (TPSA) is 72.9 Å². The fourth-order valence-corrected chi connectivity index (χ4v) is 1.51. The molecule has 0 saturated heterocycles. The molecule has 0 aliphatic rings. The molecule has 7 heteroatoms. The Morgan fingerprint density at radius 2 is 2.22 bits per heavy atom. The number of rotatable bonds is 5. The number of hydrogen-bond donors (Lipinski definition) is 2. The molecule has 1 amide bonds. The number of halogens is 2. The number of aryl methyl sites for hydroxylation is 1. The van der Waals surface area contributed by atoms with E-state index in [1.807, 2.05) is 13.8 Å². The molecule has 0 bridgehead atoms. The molecular weight excluding hydrogens is 242 g/mol. The highest BCUT2D eigenvalue weighted by Gasteiger charge is 2.28. The fraction of sp³-hybridized carbons (Fsp3) is 0.636. The third-order valence-corrected chi connectivity index (χ3v) is 2.55. The predicted octanol–water partition coefficient (Wildman–Crippen LogP) is 0.867. The lowest BCUT2D eigenvalue weighted by atomic mass is 10.1. The Kier molecular flexibility index (Phi) is 4.39. The first-order chi connectivity index (χ1) is 8.26. The summed E-state index contributed by atoms with van der Waals surface area (Å²) in [6.45, 7) is 2.34. The van der Waals surface area contributed by atoms with Gasteiger partial charge in [-0.2, -0.15) is 5.10 Å². The second kappa shape index (κ2) is 5.43. The SMILES string of the molecule is CC(C)c1cc(C(=O)NCC(F)(F)CN)nn1C. The summed E-state index contributed by atoms with van der Waals surface area (Å²) < 4.78 is 27.3. The molecule has 0 radical (unpaired) electrons. The molecule has 0 aliphatic carbocycles. The number of carbonyl (C=O) groups excluding carboxylic acids is 1. The quantitative estimate of drug-likeness (QED) is 0.825. The van der Waals surface area contributed by atoms with Crippen molar-refractivity contribution in [2.75, 3.05) is 13.1 Å². The number of alkyl halides is 2. The number of nitrogens with zero attached hydrogens (tertiary/aromatic N) is 2. The van der Waals surface area contributed by atoms with E-state index in [-0.39, 0.29) is 11.6 Å². The van der Waals surface area contributed by atoms with Gasteiger partial charge in [0.05, 0.1) is 13.1 Å². The summed E-state index contributed by atoms with van der Waals surface area (Å²) in [5.41, 5.74) is 5.88. The maximum absolute atomic E-state index is 12.9. The molecule has 3 N–H and O–H groups in total. The number of nitrogens with one attached hydrogen (secondary N) is 1. The van der Waals surface area contributed by atoms with E-state index in [0.717, 1.165) is 5.69 Å². The maximum atomic E-state index is 12.9. The van der Waals surface area contributed by atoms with Crippen LogP contribution < -0.4 is 11.1 Å². The Balaban J connectivity index is 2.71. The lowest BCUT2D eigenvalue weighted by Gasteiger charge is -2.13. The van der Waals surface area contributed by atoms with Crippen molar-refractivity contribution in [3.63, 3.8) is 0 Å². The molecule has 0 aliphatic heterocycles. The smallest absolute Gasteiger partial charge is 0.277 e. The van der Waals surface area contributed by atoms with Gasteiger partial charge in [-0.05, 0) is 12.0 Å². The van der Waals surface area contributed by atoms with Crippen LogP contribution in [0.5, 0.6) is 0 Å². The zero-order valence-electron chi connectivity index (χ0n) is 10.7. The monoisotopic (exact) mass is 260 g/mol. The molecule has 18 heavy (non-hydrogen) atoms. The van der Waals surface area contributed by atoms with Crippen molar-refractivity contribution in [3.8, 4) is 0 Å². The van der Waals surface area contributed by atoms with E-state index < -0.39 is 24.9 Å². The van der Waals surface area contributed by atoms with E-state index in [9.17, 15) is 13.6 Å². The van der Waals surface area contributed by atoms with Crippen LogP contribution in [0, 0.1) is 0 Å². The Hall–Kier alpha value is -1.50. The normalized spacial score (nSPS) is 11.9. The van der Waals surface area contributed by atoms with E-state index in [4.69, 9.17) is 5.73 Å². The zero-order chi connectivity index (χ0) is 13.9. The van der Waals surface area contributed by atoms with Crippen LogP contribution in [0.1, 0.15) is 35.9 Å². The van der Waals surface area contributed by atoms with Crippen molar-refractivity contribution in [1.82, 2.24) is 15.1 Å². The van der Waals surface area contributed by atoms with Gasteiger partial charge in [0.2, 0.25) is 0 Å². The van der Waals surface area contributed by atoms with E-state index in [2.05, 4.69) is 10.4 Å². The van der Waals surface area contributed by atoms with Crippen LogP contribution in [0.3, 0.4) is 0 Å². The average Bonchev–Trinajstić information content (AvgIpc) is 2.68. The second-order valence-electron chi connectivity index (χ2n) is 4.48. The first-order valence-electron chi connectivity index (χ1n) is 5.67. The van der Waals surface area contributed by atoms with E-state index in [1.165, 1.54) is 0 Å². The second-order valence-corrected chi connectivity index (χ2v) is 4.48. The third-order valence-electron chi connectivity index (χ3n) is 2.55. The Morgan fingerprint density at radius 1 is 1.61 bits per heavy atom. The minimum Gasteiger partial charge on any atom is -0.345 e. The van der Waals surface area contributed by atoms with Crippen LogP contribution in [0.4, 0.5) is 8.78 Å². The van der Waals surface area contributed by atoms with Crippen LogP contribution in [-0.4, -0.2) is 34.7 Å². The third kappa shape index (κ3) is 3.49. The number of nitrogens with two attached hydrogens (primary N) is 1. The molecule has 1 heterocycles. The minimum atomic E-state index is -3.09. The first-order valence-corrected chi connectivity index (χ1v) is 5.67. The molecule has 5 nitrogen and oxygen atoms in total. The van der Waals surface area contributed by atoms with Gasteiger partial charge >= 0.3 is 0 Å². The molecule has 0 saturated carbocycles. The summed E-state index contributed by atoms with van der Waals surface area (Å²) in [5, 5.41) is 6.11. The van der Waals surface area contributed by atoms with Crippen molar-refractivity contribution in [3.05, 3.63) is 17.5 Å². The molecule has 0 spiro atoms. The van der Waals surface area contributed by atoms with Gasteiger partial charge in [0.1, 0.15) is 5.69 Å². The molecular formula is C11H18F2N4O. The van der Waals surface area contributed by atoms with Crippen molar-refractivity contribution in [1.29, 1.82) is 0 Å². The van der Waals surface area contributed by atoms with Gasteiger partial charge in [-0.1, -0.05) is 13.8 Å². The highest BCUT2D eigenvalue weighted by molar-refractivity contribution is 5.92. The lowest BCUT2D eigenvalue weighted by molar-refractivity contribution is 0.0118. The predicted molar refractivity (Wildman–Crippen MR) is 63.6 cm³/mol. The van der Waals surface area contributed by atoms with Crippen LogP contribution in [0.25, 0.3) is 0 Å². The van der Waals surface area contributed by atoms with Crippen molar-refractivity contribution in [2.45, 2.75) is 25.7 Å². The molecule has 0 fully saturated rings. The summed E-state index contributed by atoms with van der Waals surface area (Å²) in [5.74, 6) is -3.51. The molecule has 102 valence electrons. The first kappa shape index (κ1) is 14.6. The summed E-state index contributed by atoms with van der Waals surface area (Å²) in [4.78, 5) is 11.6. The summed E-state index contributed by atoms with van der Waals surface area (Å²) >= 11 is 0. The van der Waals surface area contributed by atoms with Gasteiger partial charge in [0.25, 0.3) is 11.8 Å². The standard InChI is InChI=1S/C11H18F2N4O/c1-7(2)9-4-8(16-17(9)3)10(18)15-6-11(12,13)5-14/h4,7H,5-6,14H2,1-3H3,(H,15,18). The van der Waals surface area contributed by atoms with Gasteiger partial charge in [-0.25, -0.2) is 8.78 Å². The maximum Gasteiger partial charge on any atom is 0.277 e. The Morgan fingerprint density at radius 3 is 2.67 bits per heavy atom. The van der Waals surface area contributed by atoms with Crippen LogP contribution in [0.2, 0.25) is 0 Å². The zero-order valence-corrected chi connectivity index (χ0v) is 10.7. The van der Waals surface area contributed by atoms with E-state index in [0.29, 0.717) is 0 Å². The largest absolute Gasteiger partial charge is 0.345 e. The number of hydrogen-bond acceptors (Lipinski definition) is 3. The van der Waals surface area contributed by atoms with Crippen molar-refractivity contribution < 1.29 is 13.6 Å². The minimum absolute atomic E-state index is 0.133. The van der Waals surface area contributed by atoms with Gasteiger partial charge in [-0.15, -0.1) is 0 Å². The van der Waals surface area contributed by atoms with Crippen molar-refractivity contribution >= 4 is 5.91 Å². The van der Waals surface area contributed by atoms with Gasteiger partial charge in [-0.3, -0.25) is 9.48 Å².